The molecule has 144 valence electrons. The quantitative estimate of drug-likeness (QED) is 0.533. The Kier molecular flexibility index (Phi) is 4.96. The van der Waals surface area contributed by atoms with Gasteiger partial charge in [0.2, 0.25) is 5.82 Å². The summed E-state index contributed by atoms with van der Waals surface area (Å²) in [6, 6.07) is 23.5. The van der Waals surface area contributed by atoms with E-state index in [4.69, 9.17) is 0 Å². The highest BCUT2D eigenvalue weighted by molar-refractivity contribution is 6.01. The number of benzene rings is 3. The second-order valence-corrected chi connectivity index (χ2v) is 7.15. The second-order valence-electron chi connectivity index (χ2n) is 7.15. The minimum atomic E-state index is -0.340. The topological polar surface area (TPSA) is 59.8 Å². The number of para-hydroxylation sites is 1. The SMILES string of the molecule is Cc1ccc(-c2nc(C(=O)Nc3ccccc3)nn2-c2ccc(C)cc2C)cc1. The number of rotatable bonds is 4. The van der Waals surface area contributed by atoms with Gasteiger partial charge in [-0.1, -0.05) is 65.7 Å². The lowest BCUT2D eigenvalue weighted by Crippen LogP contribution is -2.14. The number of nitrogens with zero attached hydrogens (tertiary/aromatic N) is 3. The summed E-state index contributed by atoms with van der Waals surface area (Å²) in [7, 11) is 0. The summed E-state index contributed by atoms with van der Waals surface area (Å²) in [6.45, 7) is 6.13. The minimum absolute atomic E-state index is 0.129. The fraction of sp³-hybridized carbons (Fsp3) is 0.125. The molecule has 5 nitrogen and oxygen atoms in total. The Morgan fingerprint density at radius 1 is 0.862 bits per heavy atom. The van der Waals surface area contributed by atoms with Crippen molar-refractivity contribution in [3.63, 3.8) is 0 Å². The molecule has 1 aromatic heterocycles. The lowest BCUT2D eigenvalue weighted by molar-refractivity contribution is 0.101. The molecule has 0 aliphatic rings. The molecule has 0 aliphatic carbocycles. The van der Waals surface area contributed by atoms with E-state index in [1.165, 1.54) is 5.56 Å². The predicted molar refractivity (Wildman–Crippen MR) is 115 cm³/mol. The Hall–Kier alpha value is -3.73. The van der Waals surface area contributed by atoms with Gasteiger partial charge in [0, 0.05) is 11.3 Å². The highest BCUT2D eigenvalue weighted by Crippen LogP contribution is 2.24. The van der Waals surface area contributed by atoms with Crippen molar-refractivity contribution in [2.24, 2.45) is 0 Å². The third-order valence-electron chi connectivity index (χ3n) is 4.73. The lowest BCUT2D eigenvalue weighted by atomic mass is 10.1. The third kappa shape index (κ3) is 3.94. The number of nitrogens with one attached hydrogen (secondary N) is 1. The molecule has 1 heterocycles. The first-order valence-corrected chi connectivity index (χ1v) is 9.49. The standard InChI is InChI=1S/C24H22N4O/c1-16-9-12-19(13-10-16)23-26-22(24(29)25-20-7-5-4-6-8-20)27-28(23)21-14-11-17(2)15-18(21)3/h4-15H,1-3H3,(H,25,29). The van der Waals surface area contributed by atoms with Crippen molar-refractivity contribution in [2.75, 3.05) is 5.32 Å². The van der Waals surface area contributed by atoms with Crippen LogP contribution in [0.15, 0.2) is 72.8 Å². The van der Waals surface area contributed by atoms with Crippen molar-refractivity contribution in [1.82, 2.24) is 14.8 Å². The first kappa shape index (κ1) is 18.6. The van der Waals surface area contributed by atoms with Gasteiger partial charge < -0.3 is 5.32 Å². The van der Waals surface area contributed by atoms with Crippen molar-refractivity contribution >= 4 is 11.6 Å². The fourth-order valence-electron chi connectivity index (χ4n) is 3.22. The van der Waals surface area contributed by atoms with Crippen LogP contribution >= 0.6 is 0 Å². The van der Waals surface area contributed by atoms with Crippen molar-refractivity contribution in [2.45, 2.75) is 20.8 Å². The van der Waals surface area contributed by atoms with Crippen LogP contribution in [0.25, 0.3) is 17.1 Å². The molecule has 29 heavy (non-hydrogen) atoms. The Bertz CT molecular complexity index is 1160. The molecule has 4 aromatic rings. The minimum Gasteiger partial charge on any atom is -0.319 e. The zero-order valence-corrected chi connectivity index (χ0v) is 16.7. The molecule has 0 saturated heterocycles. The Morgan fingerprint density at radius 2 is 1.55 bits per heavy atom. The normalized spacial score (nSPS) is 10.7. The fourth-order valence-corrected chi connectivity index (χ4v) is 3.22. The number of aromatic nitrogens is 3. The molecule has 0 radical (unpaired) electrons. The van der Waals surface area contributed by atoms with Crippen molar-refractivity contribution in [3.8, 4) is 17.1 Å². The molecule has 5 heteroatoms. The molecule has 1 amide bonds. The van der Waals surface area contributed by atoms with Crippen LogP contribution in [0.4, 0.5) is 5.69 Å². The van der Waals surface area contributed by atoms with E-state index in [2.05, 4.69) is 28.4 Å². The van der Waals surface area contributed by atoms with Gasteiger partial charge in [-0.25, -0.2) is 9.67 Å². The second kappa shape index (κ2) is 7.72. The number of hydrogen-bond donors (Lipinski definition) is 1. The molecule has 0 bridgehead atoms. The van der Waals surface area contributed by atoms with Crippen LogP contribution in [0.5, 0.6) is 0 Å². The van der Waals surface area contributed by atoms with E-state index in [-0.39, 0.29) is 11.7 Å². The molecule has 0 spiro atoms. The highest BCUT2D eigenvalue weighted by atomic mass is 16.2. The van der Waals surface area contributed by atoms with Crippen molar-refractivity contribution in [1.29, 1.82) is 0 Å². The van der Waals surface area contributed by atoms with E-state index < -0.39 is 0 Å². The molecule has 0 fully saturated rings. The monoisotopic (exact) mass is 382 g/mol. The summed E-state index contributed by atoms with van der Waals surface area (Å²) in [5, 5.41) is 7.42. The number of hydrogen-bond acceptors (Lipinski definition) is 3. The zero-order valence-electron chi connectivity index (χ0n) is 16.7. The van der Waals surface area contributed by atoms with Crippen molar-refractivity contribution < 1.29 is 4.79 Å². The Balaban J connectivity index is 1.80. The summed E-state index contributed by atoms with van der Waals surface area (Å²) in [4.78, 5) is 17.4. The summed E-state index contributed by atoms with van der Waals surface area (Å²) in [5.74, 6) is 0.424. The van der Waals surface area contributed by atoms with Gasteiger partial charge in [-0.15, -0.1) is 5.10 Å². The number of anilines is 1. The number of carbonyl (C=O) groups excluding carboxylic acids is 1. The third-order valence-corrected chi connectivity index (χ3v) is 4.73. The van der Waals surface area contributed by atoms with E-state index in [1.807, 2.05) is 80.6 Å². The smallest absolute Gasteiger partial charge is 0.295 e. The maximum atomic E-state index is 12.8. The largest absolute Gasteiger partial charge is 0.319 e. The van der Waals surface area contributed by atoms with E-state index >= 15 is 0 Å². The van der Waals surface area contributed by atoms with Gasteiger partial charge >= 0.3 is 0 Å². The van der Waals surface area contributed by atoms with Crippen molar-refractivity contribution in [3.05, 3.63) is 95.3 Å². The Labute approximate surface area is 170 Å². The Morgan fingerprint density at radius 3 is 2.24 bits per heavy atom. The van der Waals surface area contributed by atoms with Crippen LogP contribution < -0.4 is 5.32 Å². The summed E-state index contributed by atoms with van der Waals surface area (Å²) in [6.07, 6.45) is 0. The van der Waals surface area contributed by atoms with Crippen LogP contribution in [0.1, 0.15) is 27.3 Å². The van der Waals surface area contributed by atoms with Crippen LogP contribution in [0.2, 0.25) is 0 Å². The van der Waals surface area contributed by atoms with Gasteiger partial charge in [0.25, 0.3) is 5.91 Å². The highest BCUT2D eigenvalue weighted by Gasteiger charge is 2.20. The summed E-state index contributed by atoms with van der Waals surface area (Å²) < 4.78 is 1.75. The molecule has 1 N–H and O–H groups in total. The molecule has 0 aliphatic heterocycles. The van der Waals surface area contributed by atoms with Crippen LogP contribution in [0, 0.1) is 20.8 Å². The van der Waals surface area contributed by atoms with Gasteiger partial charge in [0.1, 0.15) is 0 Å². The average Bonchev–Trinajstić information content (AvgIpc) is 3.14. The maximum absolute atomic E-state index is 12.8. The zero-order chi connectivity index (χ0) is 20.4. The average molecular weight is 382 g/mol. The van der Waals surface area contributed by atoms with Crippen LogP contribution in [0.3, 0.4) is 0 Å². The first-order valence-electron chi connectivity index (χ1n) is 9.49. The van der Waals surface area contributed by atoms with Gasteiger partial charge in [0.05, 0.1) is 5.69 Å². The number of aryl methyl sites for hydroxylation is 3. The molecule has 0 saturated carbocycles. The molecule has 0 atom stereocenters. The molecular weight excluding hydrogens is 360 g/mol. The molecule has 3 aromatic carbocycles. The van der Waals surface area contributed by atoms with E-state index in [0.717, 1.165) is 22.4 Å². The van der Waals surface area contributed by atoms with Gasteiger partial charge in [0.15, 0.2) is 5.82 Å². The predicted octanol–water partition coefficient (Wildman–Crippen LogP) is 5.11. The molecular formula is C24H22N4O. The van der Waals surface area contributed by atoms with E-state index in [1.54, 1.807) is 4.68 Å². The summed E-state index contributed by atoms with van der Waals surface area (Å²) >= 11 is 0. The van der Waals surface area contributed by atoms with Crippen LogP contribution in [-0.4, -0.2) is 20.7 Å². The van der Waals surface area contributed by atoms with E-state index in [9.17, 15) is 4.79 Å². The van der Waals surface area contributed by atoms with Gasteiger partial charge in [-0.2, -0.15) is 0 Å². The molecule has 4 rings (SSSR count). The lowest BCUT2D eigenvalue weighted by Gasteiger charge is -2.10. The van der Waals surface area contributed by atoms with E-state index in [0.29, 0.717) is 11.5 Å². The van der Waals surface area contributed by atoms with Crippen LogP contribution in [-0.2, 0) is 0 Å². The summed E-state index contributed by atoms with van der Waals surface area (Å²) in [5.41, 5.74) is 5.91. The first-order chi connectivity index (χ1) is 14.0. The van der Waals surface area contributed by atoms with Gasteiger partial charge in [-0.05, 0) is 44.5 Å². The van der Waals surface area contributed by atoms with Gasteiger partial charge in [-0.3, -0.25) is 4.79 Å². The number of amides is 1. The molecule has 0 unspecified atom stereocenters. The maximum Gasteiger partial charge on any atom is 0.295 e. The number of carbonyl (C=O) groups is 1.